The number of hydrogen-bond donors (Lipinski definition) is 2. The summed E-state index contributed by atoms with van der Waals surface area (Å²) in [7, 11) is 0. The van der Waals surface area contributed by atoms with Crippen LogP contribution in [0.4, 0.5) is 5.82 Å². The predicted octanol–water partition coefficient (Wildman–Crippen LogP) is 4.79. The van der Waals surface area contributed by atoms with Gasteiger partial charge < -0.3 is 10.6 Å². The van der Waals surface area contributed by atoms with E-state index in [1.54, 1.807) is 0 Å². The van der Waals surface area contributed by atoms with Crippen LogP contribution in [0.1, 0.15) is 51.0 Å². The van der Waals surface area contributed by atoms with Crippen molar-refractivity contribution in [2.24, 2.45) is 10.5 Å². The Balaban J connectivity index is 1.50. The Morgan fingerprint density at radius 1 is 1.19 bits per heavy atom. The minimum absolute atomic E-state index is 0.0292. The summed E-state index contributed by atoms with van der Waals surface area (Å²) in [6.45, 7) is 7.48. The topological polar surface area (TPSA) is 116 Å². The second kappa shape index (κ2) is 9.97. The van der Waals surface area contributed by atoms with E-state index in [0.717, 1.165) is 48.9 Å². The molecule has 1 aliphatic carbocycles. The first-order chi connectivity index (χ1) is 15.6. The van der Waals surface area contributed by atoms with Crippen LogP contribution in [-0.2, 0) is 0 Å². The van der Waals surface area contributed by atoms with Gasteiger partial charge in [0, 0.05) is 35.7 Å². The summed E-state index contributed by atoms with van der Waals surface area (Å²) in [5.74, 6) is 2.22. The lowest BCUT2D eigenvalue weighted by Gasteiger charge is -2.30. The van der Waals surface area contributed by atoms with Crippen LogP contribution < -0.4 is 10.6 Å². The van der Waals surface area contributed by atoms with Gasteiger partial charge in [-0.05, 0) is 48.7 Å². The fraction of sp³-hybridized carbons (Fsp3) is 0.522. The Kier molecular flexibility index (Phi) is 6.87. The molecule has 0 atom stereocenters. The maximum atomic E-state index is 8.36. The monoisotopic (exact) mass is 433 g/mol. The van der Waals surface area contributed by atoms with E-state index in [-0.39, 0.29) is 5.41 Å². The SMILES string of the molecule is CC(C)(CNCCCN=[N+]=[N-])CNc1nn2c(-c3ccccc3)nnc2cc1C1CCC1. The molecule has 1 aliphatic rings. The molecule has 3 aromatic rings. The van der Waals surface area contributed by atoms with Gasteiger partial charge in [-0.25, -0.2) is 0 Å². The van der Waals surface area contributed by atoms with Crippen LogP contribution in [0.5, 0.6) is 0 Å². The van der Waals surface area contributed by atoms with Gasteiger partial charge in [-0.2, -0.15) is 4.52 Å². The van der Waals surface area contributed by atoms with Crippen molar-refractivity contribution in [1.82, 2.24) is 25.1 Å². The normalized spacial score (nSPS) is 14.2. The molecule has 2 heterocycles. The van der Waals surface area contributed by atoms with Crippen LogP contribution in [0, 0.1) is 5.41 Å². The molecule has 0 aliphatic heterocycles. The minimum atomic E-state index is 0.0292. The molecule has 2 aromatic heterocycles. The van der Waals surface area contributed by atoms with Gasteiger partial charge in [0.15, 0.2) is 17.3 Å². The van der Waals surface area contributed by atoms with E-state index in [4.69, 9.17) is 10.6 Å². The summed E-state index contributed by atoms with van der Waals surface area (Å²) >= 11 is 0. The van der Waals surface area contributed by atoms with Crippen molar-refractivity contribution in [3.63, 3.8) is 0 Å². The molecule has 32 heavy (non-hydrogen) atoms. The number of azide groups is 1. The zero-order valence-electron chi connectivity index (χ0n) is 18.8. The van der Waals surface area contributed by atoms with Gasteiger partial charge in [0.25, 0.3) is 0 Å². The summed E-state index contributed by atoms with van der Waals surface area (Å²) in [6.07, 6.45) is 4.50. The molecule has 1 fully saturated rings. The minimum Gasteiger partial charge on any atom is -0.368 e. The van der Waals surface area contributed by atoms with Gasteiger partial charge in [-0.3, -0.25) is 0 Å². The maximum absolute atomic E-state index is 8.36. The summed E-state index contributed by atoms with van der Waals surface area (Å²) in [6, 6.07) is 12.2. The van der Waals surface area contributed by atoms with Crippen LogP contribution >= 0.6 is 0 Å². The highest BCUT2D eigenvalue weighted by Gasteiger charge is 2.26. The van der Waals surface area contributed by atoms with Crippen molar-refractivity contribution in [2.45, 2.75) is 45.4 Å². The predicted molar refractivity (Wildman–Crippen MR) is 127 cm³/mol. The Morgan fingerprint density at radius 3 is 2.72 bits per heavy atom. The molecule has 0 unspecified atom stereocenters. The fourth-order valence-corrected chi connectivity index (χ4v) is 3.91. The second-order valence-corrected chi connectivity index (χ2v) is 9.24. The molecule has 1 saturated carbocycles. The van der Waals surface area contributed by atoms with E-state index >= 15 is 0 Å². The van der Waals surface area contributed by atoms with Crippen LogP contribution in [0.25, 0.3) is 27.5 Å². The average molecular weight is 434 g/mol. The van der Waals surface area contributed by atoms with Gasteiger partial charge in [-0.15, -0.1) is 15.3 Å². The summed E-state index contributed by atoms with van der Waals surface area (Å²) < 4.78 is 1.85. The number of aromatic nitrogens is 4. The molecule has 0 radical (unpaired) electrons. The smallest absolute Gasteiger partial charge is 0.185 e. The lowest BCUT2D eigenvalue weighted by Crippen LogP contribution is -2.36. The van der Waals surface area contributed by atoms with Crippen molar-refractivity contribution in [1.29, 1.82) is 0 Å². The molecule has 168 valence electrons. The number of rotatable bonds is 11. The van der Waals surface area contributed by atoms with Crippen molar-refractivity contribution in [3.8, 4) is 11.4 Å². The molecule has 0 spiro atoms. The lowest BCUT2D eigenvalue weighted by molar-refractivity contribution is 0.361. The average Bonchev–Trinajstić information content (AvgIpc) is 3.17. The number of nitrogens with one attached hydrogen (secondary N) is 2. The van der Waals surface area contributed by atoms with E-state index in [0.29, 0.717) is 12.5 Å². The molecule has 4 rings (SSSR count). The largest absolute Gasteiger partial charge is 0.368 e. The quantitative estimate of drug-likeness (QED) is 0.195. The molecular formula is C23H31N9. The van der Waals surface area contributed by atoms with Crippen LogP contribution in [0.3, 0.4) is 0 Å². The Hall–Kier alpha value is -3.16. The van der Waals surface area contributed by atoms with E-state index in [9.17, 15) is 0 Å². The highest BCUT2D eigenvalue weighted by molar-refractivity contribution is 5.61. The summed E-state index contributed by atoms with van der Waals surface area (Å²) in [5.41, 5.74) is 11.4. The molecule has 9 heteroatoms. The molecule has 0 bridgehead atoms. The third-order valence-electron chi connectivity index (χ3n) is 6.01. The van der Waals surface area contributed by atoms with Crippen LogP contribution in [0.2, 0.25) is 0 Å². The van der Waals surface area contributed by atoms with Crippen molar-refractivity contribution >= 4 is 11.5 Å². The van der Waals surface area contributed by atoms with Gasteiger partial charge in [0.05, 0.1) is 0 Å². The van der Waals surface area contributed by atoms with Gasteiger partial charge in [0.1, 0.15) is 0 Å². The Morgan fingerprint density at radius 2 is 2.00 bits per heavy atom. The van der Waals surface area contributed by atoms with E-state index in [1.807, 2.05) is 34.8 Å². The first-order valence-electron chi connectivity index (χ1n) is 11.3. The summed E-state index contributed by atoms with van der Waals surface area (Å²) in [5, 5.41) is 24.5. The Bertz CT molecular complexity index is 1080. The third kappa shape index (κ3) is 5.18. The number of anilines is 1. The molecule has 1 aromatic carbocycles. The van der Waals surface area contributed by atoms with E-state index < -0.39 is 0 Å². The van der Waals surface area contributed by atoms with Crippen molar-refractivity contribution in [2.75, 3.05) is 31.5 Å². The van der Waals surface area contributed by atoms with Crippen molar-refractivity contribution in [3.05, 3.63) is 52.4 Å². The number of hydrogen-bond acceptors (Lipinski definition) is 6. The maximum Gasteiger partial charge on any atom is 0.185 e. The van der Waals surface area contributed by atoms with E-state index in [1.165, 1.54) is 24.8 Å². The highest BCUT2D eigenvalue weighted by atomic mass is 15.4. The van der Waals surface area contributed by atoms with Gasteiger partial charge in [-0.1, -0.05) is 55.7 Å². The molecule has 0 saturated heterocycles. The van der Waals surface area contributed by atoms with Gasteiger partial charge in [0.2, 0.25) is 0 Å². The zero-order valence-corrected chi connectivity index (χ0v) is 18.8. The van der Waals surface area contributed by atoms with Crippen LogP contribution in [-0.4, -0.2) is 46.0 Å². The summed E-state index contributed by atoms with van der Waals surface area (Å²) in [4.78, 5) is 2.79. The fourth-order valence-electron chi connectivity index (χ4n) is 3.91. The lowest BCUT2D eigenvalue weighted by atomic mass is 9.80. The molecular weight excluding hydrogens is 402 g/mol. The van der Waals surface area contributed by atoms with Crippen molar-refractivity contribution < 1.29 is 0 Å². The molecule has 9 nitrogen and oxygen atoms in total. The first kappa shape index (κ1) is 22.0. The number of nitrogens with zero attached hydrogens (tertiary/aromatic N) is 7. The Labute approximate surface area is 188 Å². The molecule has 0 amide bonds. The first-order valence-corrected chi connectivity index (χ1v) is 11.3. The third-order valence-corrected chi connectivity index (χ3v) is 6.01. The van der Waals surface area contributed by atoms with E-state index in [2.05, 4.69) is 50.8 Å². The zero-order chi connectivity index (χ0) is 22.4. The molecule has 2 N–H and O–H groups in total. The number of benzene rings is 1. The van der Waals surface area contributed by atoms with Gasteiger partial charge >= 0.3 is 0 Å². The number of fused-ring (bicyclic) bond motifs is 1. The van der Waals surface area contributed by atoms with Crippen LogP contribution in [0.15, 0.2) is 41.5 Å². The highest BCUT2D eigenvalue weighted by Crippen LogP contribution is 2.40. The second-order valence-electron chi connectivity index (χ2n) is 9.24. The standard InChI is InChI=1S/C23H31N9/c1-23(2,15-25-12-7-13-27-31-24)16-26-21-19(17-10-6-11-17)14-20-28-29-22(32(20)30-21)18-8-4-3-5-9-18/h3-5,8-9,14,17,25H,6-7,10-13,15-16H2,1-2H3,(H,26,30).